The fourth-order valence-electron chi connectivity index (χ4n) is 2.90. The molecule has 3 aromatic rings. The van der Waals surface area contributed by atoms with Crippen molar-refractivity contribution in [3.8, 4) is 11.9 Å². The summed E-state index contributed by atoms with van der Waals surface area (Å²) in [5, 5.41) is 10.1. The molecular formula is C18H14N4O2S. The van der Waals surface area contributed by atoms with Gasteiger partial charge in [-0.05, 0) is 17.5 Å². The minimum atomic E-state index is -0.179. The number of ether oxygens (including phenoxy) is 1. The summed E-state index contributed by atoms with van der Waals surface area (Å²) in [6, 6.07) is 11.9. The molecule has 6 nitrogen and oxygen atoms in total. The zero-order valence-corrected chi connectivity index (χ0v) is 14.1. The van der Waals surface area contributed by atoms with Crippen LogP contribution in [0.5, 0.6) is 5.88 Å². The second-order valence-corrected chi connectivity index (χ2v) is 6.83. The van der Waals surface area contributed by atoms with Crippen molar-refractivity contribution in [1.29, 1.82) is 5.26 Å². The molecule has 0 aliphatic carbocycles. The van der Waals surface area contributed by atoms with Crippen molar-refractivity contribution in [3.05, 3.63) is 53.3 Å². The predicted molar refractivity (Wildman–Crippen MR) is 93.5 cm³/mol. The number of hydrogen-bond donors (Lipinski definition) is 0. The summed E-state index contributed by atoms with van der Waals surface area (Å²) in [5.41, 5.74) is 0.164. The quantitative estimate of drug-likeness (QED) is 0.726. The molecule has 0 saturated carbocycles. The van der Waals surface area contributed by atoms with Crippen LogP contribution < -0.4 is 4.74 Å². The van der Waals surface area contributed by atoms with Gasteiger partial charge in [0.05, 0.1) is 11.4 Å². The van der Waals surface area contributed by atoms with Gasteiger partial charge < -0.3 is 9.64 Å². The summed E-state index contributed by atoms with van der Waals surface area (Å²) in [6.07, 6.45) is 3.47. The van der Waals surface area contributed by atoms with E-state index in [-0.39, 0.29) is 23.6 Å². The number of aromatic nitrogens is 2. The van der Waals surface area contributed by atoms with Crippen LogP contribution in [0.2, 0.25) is 0 Å². The number of rotatable bonds is 3. The van der Waals surface area contributed by atoms with Crippen molar-refractivity contribution in [3.63, 3.8) is 0 Å². The van der Waals surface area contributed by atoms with Gasteiger partial charge in [0.25, 0.3) is 11.8 Å². The Hall–Kier alpha value is -2.98. The van der Waals surface area contributed by atoms with Gasteiger partial charge in [-0.1, -0.05) is 18.2 Å². The smallest absolute Gasteiger partial charge is 0.264 e. The highest BCUT2D eigenvalue weighted by Crippen LogP contribution is 2.28. The van der Waals surface area contributed by atoms with E-state index in [0.717, 1.165) is 15.0 Å². The molecule has 25 heavy (non-hydrogen) atoms. The first kappa shape index (κ1) is 15.5. The average Bonchev–Trinajstić information content (AvgIpc) is 3.28. The Morgan fingerprint density at radius 2 is 2.16 bits per heavy atom. The predicted octanol–water partition coefficient (Wildman–Crippen LogP) is 2.86. The number of thiophene rings is 1. The van der Waals surface area contributed by atoms with Crippen LogP contribution in [-0.4, -0.2) is 40.0 Å². The lowest BCUT2D eigenvalue weighted by molar-refractivity contribution is 0.0776. The van der Waals surface area contributed by atoms with Crippen molar-refractivity contribution in [1.82, 2.24) is 14.9 Å². The third kappa shape index (κ3) is 3.04. The van der Waals surface area contributed by atoms with Crippen molar-refractivity contribution in [2.24, 2.45) is 0 Å². The van der Waals surface area contributed by atoms with Crippen molar-refractivity contribution >= 4 is 27.3 Å². The van der Waals surface area contributed by atoms with E-state index in [1.807, 2.05) is 36.4 Å². The third-order valence-corrected chi connectivity index (χ3v) is 5.22. The third-order valence-electron chi connectivity index (χ3n) is 4.12. The standard InChI is InChI=1S/C18H14N4O2S/c19-10-14-17(21-7-6-20-14)24-13-5-8-22(11-13)18(23)16-9-12-3-1-2-4-15(12)25-16/h1-4,6-7,9,13H,5,8,11H2/t13-/m1/s1. The van der Waals surface area contributed by atoms with E-state index in [0.29, 0.717) is 19.5 Å². The largest absolute Gasteiger partial charge is 0.470 e. The number of carbonyl (C=O) groups excluding carboxylic acids is 1. The van der Waals surface area contributed by atoms with Gasteiger partial charge in [-0.3, -0.25) is 4.79 Å². The normalized spacial score (nSPS) is 16.8. The Kier molecular flexibility index (Phi) is 4.04. The summed E-state index contributed by atoms with van der Waals surface area (Å²) >= 11 is 1.51. The van der Waals surface area contributed by atoms with Crippen molar-refractivity contribution in [2.45, 2.75) is 12.5 Å². The van der Waals surface area contributed by atoms with E-state index in [1.54, 1.807) is 4.90 Å². The van der Waals surface area contributed by atoms with Gasteiger partial charge in [0.1, 0.15) is 12.2 Å². The second kappa shape index (κ2) is 6.49. The zero-order valence-electron chi connectivity index (χ0n) is 13.3. The van der Waals surface area contributed by atoms with E-state index in [1.165, 1.54) is 23.7 Å². The summed E-state index contributed by atoms with van der Waals surface area (Å²) in [7, 11) is 0. The van der Waals surface area contributed by atoms with Gasteiger partial charge in [-0.25, -0.2) is 9.97 Å². The highest BCUT2D eigenvalue weighted by atomic mass is 32.1. The first-order chi connectivity index (χ1) is 12.2. The minimum absolute atomic E-state index is 0.0203. The number of likely N-dealkylation sites (tertiary alicyclic amines) is 1. The van der Waals surface area contributed by atoms with Crippen LogP contribution in [0.3, 0.4) is 0 Å². The molecule has 1 fully saturated rings. The van der Waals surface area contributed by atoms with E-state index in [4.69, 9.17) is 10.00 Å². The molecule has 1 aromatic carbocycles. The van der Waals surface area contributed by atoms with Crippen LogP contribution in [0.1, 0.15) is 21.8 Å². The first-order valence-electron chi connectivity index (χ1n) is 7.90. The lowest BCUT2D eigenvalue weighted by atomic mass is 10.2. The summed E-state index contributed by atoms with van der Waals surface area (Å²) in [4.78, 5) is 23.3. The second-order valence-electron chi connectivity index (χ2n) is 5.75. The average molecular weight is 350 g/mol. The van der Waals surface area contributed by atoms with Crippen molar-refractivity contribution < 1.29 is 9.53 Å². The first-order valence-corrected chi connectivity index (χ1v) is 8.72. The van der Waals surface area contributed by atoms with Crippen LogP contribution in [0, 0.1) is 11.3 Å². The van der Waals surface area contributed by atoms with Crippen LogP contribution in [0.4, 0.5) is 0 Å². The van der Waals surface area contributed by atoms with Crippen LogP contribution in [0.15, 0.2) is 42.7 Å². The zero-order chi connectivity index (χ0) is 17.2. The summed E-state index contributed by atoms with van der Waals surface area (Å²) in [6.45, 7) is 1.11. The molecule has 1 saturated heterocycles. The van der Waals surface area contributed by atoms with Gasteiger partial charge in [-0.2, -0.15) is 5.26 Å². The SMILES string of the molecule is N#Cc1nccnc1O[C@@H]1CCN(C(=O)c2cc3ccccc3s2)C1. The molecule has 2 aromatic heterocycles. The fraction of sp³-hybridized carbons (Fsp3) is 0.222. The fourth-order valence-corrected chi connectivity index (χ4v) is 3.93. The molecule has 124 valence electrons. The van der Waals surface area contributed by atoms with Gasteiger partial charge >= 0.3 is 0 Å². The number of amides is 1. The maximum Gasteiger partial charge on any atom is 0.264 e. The molecule has 0 N–H and O–H groups in total. The van der Waals surface area contributed by atoms with Gasteiger partial charge in [-0.15, -0.1) is 11.3 Å². The molecule has 4 rings (SSSR count). The number of carbonyl (C=O) groups is 1. The van der Waals surface area contributed by atoms with E-state index in [9.17, 15) is 4.79 Å². The Morgan fingerprint density at radius 1 is 1.32 bits per heavy atom. The maximum atomic E-state index is 12.7. The highest BCUT2D eigenvalue weighted by molar-refractivity contribution is 7.20. The maximum absolute atomic E-state index is 12.7. The number of nitrogens with zero attached hydrogens (tertiary/aromatic N) is 4. The summed E-state index contributed by atoms with van der Waals surface area (Å²) < 4.78 is 6.89. The Bertz CT molecular complexity index is 945. The molecule has 0 radical (unpaired) electrons. The van der Waals surface area contributed by atoms with E-state index >= 15 is 0 Å². The molecule has 7 heteroatoms. The van der Waals surface area contributed by atoms with E-state index in [2.05, 4.69) is 9.97 Å². The Morgan fingerprint density at radius 3 is 3.00 bits per heavy atom. The number of fused-ring (bicyclic) bond motifs is 1. The molecular weight excluding hydrogens is 336 g/mol. The molecule has 3 heterocycles. The van der Waals surface area contributed by atoms with Crippen LogP contribution >= 0.6 is 11.3 Å². The number of nitriles is 1. The number of hydrogen-bond acceptors (Lipinski definition) is 6. The van der Waals surface area contributed by atoms with E-state index < -0.39 is 0 Å². The Labute approximate surface area is 148 Å². The lowest BCUT2D eigenvalue weighted by Gasteiger charge is -2.16. The van der Waals surface area contributed by atoms with Crippen molar-refractivity contribution in [2.75, 3.05) is 13.1 Å². The lowest BCUT2D eigenvalue weighted by Crippen LogP contribution is -2.30. The minimum Gasteiger partial charge on any atom is -0.470 e. The van der Waals surface area contributed by atoms with Gasteiger partial charge in [0.2, 0.25) is 5.69 Å². The summed E-state index contributed by atoms with van der Waals surface area (Å²) in [5.74, 6) is 0.248. The van der Waals surface area contributed by atoms with Crippen LogP contribution in [0.25, 0.3) is 10.1 Å². The van der Waals surface area contributed by atoms with Crippen LogP contribution in [-0.2, 0) is 0 Å². The topological polar surface area (TPSA) is 79.1 Å². The number of benzene rings is 1. The molecule has 0 unspecified atom stereocenters. The highest BCUT2D eigenvalue weighted by Gasteiger charge is 2.30. The molecule has 0 bridgehead atoms. The molecule has 0 spiro atoms. The van der Waals surface area contributed by atoms with Gasteiger partial charge in [0.15, 0.2) is 0 Å². The monoisotopic (exact) mass is 350 g/mol. The Balaban J connectivity index is 1.46. The van der Waals surface area contributed by atoms with Gasteiger partial charge in [0, 0.05) is 30.1 Å². The molecule has 1 aliphatic rings. The molecule has 1 atom stereocenters. The molecule has 1 amide bonds. The molecule has 1 aliphatic heterocycles.